The Morgan fingerprint density at radius 3 is 2.06 bits per heavy atom. The van der Waals surface area contributed by atoms with Crippen LogP contribution in [0.25, 0.3) is 0 Å². The van der Waals surface area contributed by atoms with E-state index in [9.17, 15) is 14.4 Å². The first kappa shape index (κ1) is 14.1. The first-order valence-electron chi connectivity index (χ1n) is 4.49. The molecule has 90 valence electrons. The quantitative estimate of drug-likeness (QED) is 0.248. The van der Waals surface area contributed by atoms with Gasteiger partial charge in [-0.15, -0.1) is 0 Å². The number of hydrogen-bond acceptors (Lipinski definition) is 4. The van der Waals surface area contributed by atoms with Gasteiger partial charge in [0.1, 0.15) is 0 Å². The van der Waals surface area contributed by atoms with E-state index in [1.165, 1.54) is 6.92 Å². The summed E-state index contributed by atoms with van der Waals surface area (Å²) >= 11 is 0. The fourth-order valence-corrected chi connectivity index (χ4v) is 0.824. The summed E-state index contributed by atoms with van der Waals surface area (Å²) in [5.41, 5.74) is 0.327. The lowest BCUT2D eigenvalue weighted by Crippen LogP contribution is -2.46. The molecule has 0 aliphatic carbocycles. The third kappa shape index (κ3) is 5.11. The van der Waals surface area contributed by atoms with Gasteiger partial charge in [-0.1, -0.05) is 6.58 Å². The number of nitrogens with one attached hydrogen (secondary N) is 2. The van der Waals surface area contributed by atoms with Gasteiger partial charge in [-0.05, 0) is 6.92 Å². The van der Waals surface area contributed by atoms with Crippen LogP contribution in [0.4, 0.5) is 0 Å². The second kappa shape index (κ2) is 6.57. The summed E-state index contributed by atoms with van der Waals surface area (Å²) in [4.78, 5) is 31.8. The van der Waals surface area contributed by atoms with E-state index in [2.05, 4.69) is 17.2 Å². The molecule has 0 aliphatic rings. The summed E-state index contributed by atoms with van der Waals surface area (Å²) in [5.74, 6) is -3.30. The number of carboxylic acid groups (broad SMARTS) is 2. The molecule has 0 heterocycles. The Hall–Kier alpha value is -1.89. The zero-order valence-corrected chi connectivity index (χ0v) is 8.82. The standard InChI is InChI=1S/C9H14N2O5/c1-5(2)7(12)11-4-3-10-6(8(13)14)9(15)16/h6,10H,1,3-4H2,2H3,(H,11,12)(H,13,14)(H,15,16). The van der Waals surface area contributed by atoms with E-state index in [1.807, 2.05) is 0 Å². The maximum Gasteiger partial charge on any atom is 0.332 e. The van der Waals surface area contributed by atoms with E-state index in [4.69, 9.17) is 10.2 Å². The van der Waals surface area contributed by atoms with Crippen molar-refractivity contribution in [3.8, 4) is 0 Å². The molecule has 7 heteroatoms. The third-order valence-electron chi connectivity index (χ3n) is 1.64. The summed E-state index contributed by atoms with van der Waals surface area (Å²) in [6, 6.07) is -1.67. The molecular formula is C9H14N2O5. The number of hydrogen-bond donors (Lipinski definition) is 4. The highest BCUT2D eigenvalue weighted by Gasteiger charge is 2.24. The van der Waals surface area contributed by atoms with Crippen molar-refractivity contribution in [2.24, 2.45) is 0 Å². The summed E-state index contributed by atoms with van der Waals surface area (Å²) < 4.78 is 0. The fourth-order valence-electron chi connectivity index (χ4n) is 0.824. The summed E-state index contributed by atoms with van der Waals surface area (Å²) in [6.07, 6.45) is 0. The van der Waals surface area contributed by atoms with Crippen LogP contribution in [-0.2, 0) is 14.4 Å². The first-order chi connectivity index (χ1) is 7.36. The molecule has 0 aromatic carbocycles. The van der Waals surface area contributed by atoms with Gasteiger partial charge >= 0.3 is 11.9 Å². The zero-order valence-electron chi connectivity index (χ0n) is 8.82. The monoisotopic (exact) mass is 230 g/mol. The highest BCUT2D eigenvalue weighted by atomic mass is 16.4. The molecule has 0 saturated carbocycles. The largest absolute Gasteiger partial charge is 0.480 e. The normalized spacial score (nSPS) is 9.88. The highest BCUT2D eigenvalue weighted by molar-refractivity contribution is 5.97. The average Bonchev–Trinajstić information content (AvgIpc) is 2.15. The Labute approximate surface area is 92.1 Å². The maximum absolute atomic E-state index is 11.0. The van der Waals surface area contributed by atoms with Crippen LogP contribution in [0, 0.1) is 0 Å². The van der Waals surface area contributed by atoms with Gasteiger partial charge in [0, 0.05) is 18.7 Å². The number of amides is 1. The van der Waals surface area contributed by atoms with Crippen molar-refractivity contribution in [2.45, 2.75) is 13.0 Å². The molecule has 0 spiro atoms. The molecule has 0 aliphatic heterocycles. The predicted octanol–water partition coefficient (Wildman–Crippen LogP) is -1.19. The van der Waals surface area contributed by atoms with E-state index in [-0.39, 0.29) is 19.0 Å². The molecule has 7 nitrogen and oxygen atoms in total. The Morgan fingerprint density at radius 1 is 1.19 bits per heavy atom. The molecule has 0 aromatic heterocycles. The first-order valence-corrected chi connectivity index (χ1v) is 4.49. The van der Waals surface area contributed by atoms with E-state index in [1.54, 1.807) is 0 Å². The number of rotatable bonds is 7. The van der Waals surface area contributed by atoms with E-state index in [0.717, 1.165) is 0 Å². The van der Waals surface area contributed by atoms with Crippen molar-refractivity contribution in [3.05, 3.63) is 12.2 Å². The molecule has 0 rings (SSSR count). The van der Waals surface area contributed by atoms with Crippen LogP contribution in [0.5, 0.6) is 0 Å². The van der Waals surface area contributed by atoms with Gasteiger partial charge < -0.3 is 15.5 Å². The third-order valence-corrected chi connectivity index (χ3v) is 1.64. The summed E-state index contributed by atoms with van der Waals surface area (Å²) in [6.45, 7) is 5.10. The molecular weight excluding hydrogens is 216 g/mol. The van der Waals surface area contributed by atoms with Crippen LogP contribution in [0.1, 0.15) is 6.92 Å². The van der Waals surface area contributed by atoms with Gasteiger partial charge in [-0.3, -0.25) is 10.1 Å². The smallest absolute Gasteiger partial charge is 0.332 e. The lowest BCUT2D eigenvalue weighted by molar-refractivity contribution is -0.150. The van der Waals surface area contributed by atoms with Gasteiger partial charge in [-0.25, -0.2) is 9.59 Å². The van der Waals surface area contributed by atoms with Gasteiger partial charge in [0.25, 0.3) is 0 Å². The maximum atomic E-state index is 11.0. The Morgan fingerprint density at radius 2 is 1.69 bits per heavy atom. The van der Waals surface area contributed by atoms with E-state index < -0.39 is 18.0 Å². The lowest BCUT2D eigenvalue weighted by Gasteiger charge is -2.10. The van der Waals surface area contributed by atoms with Crippen molar-refractivity contribution in [1.82, 2.24) is 10.6 Å². The Kier molecular flexibility index (Phi) is 5.79. The Bertz CT molecular complexity index is 299. The molecule has 1 amide bonds. The number of carboxylic acids is 2. The molecule has 0 aromatic rings. The van der Waals surface area contributed by atoms with Crippen molar-refractivity contribution < 1.29 is 24.6 Å². The molecule has 0 radical (unpaired) electrons. The topological polar surface area (TPSA) is 116 Å². The van der Waals surface area contributed by atoms with Crippen molar-refractivity contribution in [2.75, 3.05) is 13.1 Å². The van der Waals surface area contributed by atoms with Crippen LogP contribution < -0.4 is 10.6 Å². The zero-order chi connectivity index (χ0) is 12.7. The van der Waals surface area contributed by atoms with Gasteiger partial charge in [-0.2, -0.15) is 0 Å². The van der Waals surface area contributed by atoms with Crippen molar-refractivity contribution in [3.63, 3.8) is 0 Å². The molecule has 0 saturated heterocycles. The molecule has 0 unspecified atom stereocenters. The fraction of sp³-hybridized carbons (Fsp3) is 0.444. The van der Waals surface area contributed by atoms with Gasteiger partial charge in [0.2, 0.25) is 11.9 Å². The highest BCUT2D eigenvalue weighted by Crippen LogP contribution is 1.85. The van der Waals surface area contributed by atoms with Crippen LogP contribution in [0.3, 0.4) is 0 Å². The van der Waals surface area contributed by atoms with Crippen LogP contribution in [0.2, 0.25) is 0 Å². The second-order valence-electron chi connectivity index (χ2n) is 3.10. The molecule has 0 atom stereocenters. The molecule has 0 fully saturated rings. The van der Waals surface area contributed by atoms with Crippen molar-refractivity contribution in [1.29, 1.82) is 0 Å². The second-order valence-corrected chi connectivity index (χ2v) is 3.10. The number of aliphatic carboxylic acids is 2. The average molecular weight is 230 g/mol. The lowest BCUT2D eigenvalue weighted by atomic mass is 10.3. The molecule has 16 heavy (non-hydrogen) atoms. The van der Waals surface area contributed by atoms with Crippen molar-refractivity contribution >= 4 is 17.8 Å². The SMILES string of the molecule is C=C(C)C(=O)NCCNC(C(=O)O)C(=O)O. The van der Waals surface area contributed by atoms with Gasteiger partial charge in [0.05, 0.1) is 0 Å². The van der Waals surface area contributed by atoms with Crippen LogP contribution in [-0.4, -0.2) is 47.2 Å². The van der Waals surface area contributed by atoms with E-state index >= 15 is 0 Å². The van der Waals surface area contributed by atoms with Crippen LogP contribution >= 0.6 is 0 Å². The van der Waals surface area contributed by atoms with Gasteiger partial charge in [0.15, 0.2) is 0 Å². The van der Waals surface area contributed by atoms with Crippen LogP contribution in [0.15, 0.2) is 12.2 Å². The number of carbonyl (C=O) groups is 3. The van der Waals surface area contributed by atoms with E-state index in [0.29, 0.717) is 5.57 Å². The summed E-state index contributed by atoms with van der Waals surface area (Å²) in [5, 5.41) is 21.7. The minimum Gasteiger partial charge on any atom is -0.480 e. The number of carbonyl (C=O) groups excluding carboxylic acids is 1. The minimum absolute atomic E-state index is 0.0439. The summed E-state index contributed by atoms with van der Waals surface area (Å²) in [7, 11) is 0. The minimum atomic E-state index is -1.67. The molecule has 0 bridgehead atoms. The Balaban J connectivity index is 3.88. The molecule has 4 N–H and O–H groups in total. The predicted molar refractivity (Wildman–Crippen MR) is 54.9 cm³/mol.